The summed E-state index contributed by atoms with van der Waals surface area (Å²) < 4.78 is 13.8. The Kier molecular flexibility index (Phi) is 4.72. The van der Waals surface area contributed by atoms with Gasteiger partial charge in [0.25, 0.3) is 0 Å². The van der Waals surface area contributed by atoms with Gasteiger partial charge in [0.1, 0.15) is 5.82 Å². The lowest BCUT2D eigenvalue weighted by Crippen LogP contribution is -2.21. The van der Waals surface area contributed by atoms with Crippen molar-refractivity contribution in [2.75, 3.05) is 20.1 Å². The molecule has 0 unspecified atom stereocenters. The highest BCUT2D eigenvalue weighted by molar-refractivity contribution is 5.25. The summed E-state index contributed by atoms with van der Waals surface area (Å²) in [5, 5.41) is 3.27. The summed E-state index contributed by atoms with van der Waals surface area (Å²) in [6.07, 6.45) is 2.68. The first-order chi connectivity index (χ1) is 8.69. The average Bonchev–Trinajstić information content (AvgIpc) is 3.14. The number of halogens is 1. The molecule has 1 saturated carbocycles. The minimum Gasteiger partial charge on any atom is -0.313 e. The van der Waals surface area contributed by atoms with Crippen LogP contribution in [-0.4, -0.2) is 25.0 Å². The molecule has 0 bridgehead atoms. The maximum atomic E-state index is 13.8. The van der Waals surface area contributed by atoms with Gasteiger partial charge < -0.3 is 10.2 Å². The quantitative estimate of drug-likeness (QED) is 0.800. The third-order valence-electron chi connectivity index (χ3n) is 3.40. The summed E-state index contributed by atoms with van der Waals surface area (Å²) in [7, 11) is 2.08. The Morgan fingerprint density at radius 3 is 2.83 bits per heavy atom. The fourth-order valence-corrected chi connectivity index (χ4v) is 2.23. The van der Waals surface area contributed by atoms with Crippen molar-refractivity contribution in [2.45, 2.75) is 32.9 Å². The Balaban J connectivity index is 1.95. The monoisotopic (exact) mass is 250 g/mol. The summed E-state index contributed by atoms with van der Waals surface area (Å²) in [5.41, 5.74) is 1.97. The van der Waals surface area contributed by atoms with Gasteiger partial charge in [-0.2, -0.15) is 0 Å². The fourth-order valence-electron chi connectivity index (χ4n) is 2.23. The van der Waals surface area contributed by atoms with Gasteiger partial charge in [0.15, 0.2) is 0 Å². The van der Waals surface area contributed by atoms with Crippen molar-refractivity contribution in [1.29, 1.82) is 0 Å². The van der Waals surface area contributed by atoms with Crippen LogP contribution in [0.2, 0.25) is 0 Å². The van der Waals surface area contributed by atoms with Crippen molar-refractivity contribution in [3.8, 4) is 0 Å². The molecule has 2 nitrogen and oxygen atoms in total. The summed E-state index contributed by atoms with van der Waals surface area (Å²) >= 11 is 0. The van der Waals surface area contributed by atoms with Crippen molar-refractivity contribution in [3.05, 3.63) is 35.1 Å². The zero-order valence-corrected chi connectivity index (χ0v) is 11.4. The number of rotatable bonds is 7. The first-order valence-electron chi connectivity index (χ1n) is 6.85. The van der Waals surface area contributed by atoms with E-state index in [9.17, 15) is 4.39 Å². The zero-order chi connectivity index (χ0) is 13.0. The topological polar surface area (TPSA) is 15.3 Å². The van der Waals surface area contributed by atoms with Crippen LogP contribution in [0, 0.1) is 11.7 Å². The lowest BCUT2D eigenvalue weighted by Gasteiger charge is -2.17. The number of nitrogens with one attached hydrogen (secondary N) is 1. The second-order valence-electron chi connectivity index (χ2n) is 5.35. The van der Waals surface area contributed by atoms with E-state index in [0.29, 0.717) is 6.54 Å². The van der Waals surface area contributed by atoms with E-state index in [1.165, 1.54) is 12.8 Å². The van der Waals surface area contributed by atoms with E-state index in [4.69, 9.17) is 0 Å². The van der Waals surface area contributed by atoms with Crippen LogP contribution in [0.4, 0.5) is 4.39 Å². The van der Waals surface area contributed by atoms with Crippen molar-refractivity contribution in [3.63, 3.8) is 0 Å². The van der Waals surface area contributed by atoms with Crippen molar-refractivity contribution < 1.29 is 4.39 Å². The van der Waals surface area contributed by atoms with E-state index in [0.717, 1.165) is 36.7 Å². The second kappa shape index (κ2) is 6.30. The molecule has 1 fully saturated rings. The highest BCUT2D eigenvalue weighted by Gasteiger charge is 2.23. The van der Waals surface area contributed by atoms with E-state index in [-0.39, 0.29) is 5.82 Å². The van der Waals surface area contributed by atoms with Crippen LogP contribution in [0.5, 0.6) is 0 Å². The van der Waals surface area contributed by atoms with Crippen LogP contribution in [0.15, 0.2) is 18.2 Å². The molecule has 0 aromatic heterocycles. The number of nitrogens with zero attached hydrogens (tertiary/aromatic N) is 1. The first kappa shape index (κ1) is 13.5. The zero-order valence-electron chi connectivity index (χ0n) is 11.4. The third kappa shape index (κ3) is 4.07. The molecule has 0 atom stereocenters. The number of benzene rings is 1. The first-order valence-corrected chi connectivity index (χ1v) is 6.85. The van der Waals surface area contributed by atoms with E-state index in [1.807, 2.05) is 12.1 Å². The molecule has 100 valence electrons. The molecule has 18 heavy (non-hydrogen) atoms. The minimum atomic E-state index is -0.0853. The molecule has 0 radical (unpaired) electrons. The summed E-state index contributed by atoms with van der Waals surface area (Å²) in [6.45, 7) is 5.64. The predicted molar refractivity (Wildman–Crippen MR) is 72.8 cm³/mol. The van der Waals surface area contributed by atoms with Crippen LogP contribution in [0.1, 0.15) is 30.9 Å². The van der Waals surface area contributed by atoms with Crippen LogP contribution >= 0.6 is 0 Å². The van der Waals surface area contributed by atoms with Gasteiger partial charge in [-0.05, 0) is 44.0 Å². The Morgan fingerprint density at radius 1 is 1.39 bits per heavy atom. The van der Waals surface area contributed by atoms with Crippen LogP contribution in [0.3, 0.4) is 0 Å². The van der Waals surface area contributed by atoms with Crippen molar-refractivity contribution >= 4 is 0 Å². The molecule has 1 aromatic carbocycles. The molecule has 0 saturated heterocycles. The van der Waals surface area contributed by atoms with E-state index >= 15 is 0 Å². The summed E-state index contributed by atoms with van der Waals surface area (Å²) in [6, 6.07) is 5.44. The van der Waals surface area contributed by atoms with E-state index in [1.54, 1.807) is 6.07 Å². The normalized spacial score (nSPS) is 15.3. The average molecular weight is 250 g/mol. The van der Waals surface area contributed by atoms with Crippen molar-refractivity contribution in [1.82, 2.24) is 10.2 Å². The molecule has 0 amide bonds. The second-order valence-corrected chi connectivity index (χ2v) is 5.35. The molecule has 2 rings (SSSR count). The Bertz CT molecular complexity index is 388. The standard InChI is InChI=1S/C15H23FN2/c1-3-17-9-13-6-7-15(16)14(8-13)11-18(2)10-12-4-5-12/h6-8,12,17H,3-5,9-11H2,1-2H3. The molecule has 0 aliphatic heterocycles. The molecule has 3 heteroatoms. The maximum absolute atomic E-state index is 13.8. The molecule has 0 spiro atoms. The Labute approximate surface area is 109 Å². The molecular weight excluding hydrogens is 227 g/mol. The number of hydrogen-bond acceptors (Lipinski definition) is 2. The van der Waals surface area contributed by atoms with E-state index < -0.39 is 0 Å². The van der Waals surface area contributed by atoms with Gasteiger partial charge in [0.2, 0.25) is 0 Å². The van der Waals surface area contributed by atoms with Gasteiger partial charge in [-0.3, -0.25) is 0 Å². The lowest BCUT2D eigenvalue weighted by molar-refractivity contribution is 0.308. The number of hydrogen-bond donors (Lipinski definition) is 1. The van der Waals surface area contributed by atoms with E-state index in [2.05, 4.69) is 24.2 Å². The Morgan fingerprint density at radius 2 is 2.17 bits per heavy atom. The molecule has 1 aliphatic rings. The molecule has 1 N–H and O–H groups in total. The smallest absolute Gasteiger partial charge is 0.127 e. The molecule has 1 aromatic rings. The van der Waals surface area contributed by atoms with Crippen LogP contribution < -0.4 is 5.32 Å². The van der Waals surface area contributed by atoms with Crippen LogP contribution in [-0.2, 0) is 13.1 Å². The minimum absolute atomic E-state index is 0.0853. The highest BCUT2D eigenvalue weighted by Crippen LogP contribution is 2.29. The lowest BCUT2D eigenvalue weighted by atomic mass is 10.1. The van der Waals surface area contributed by atoms with Gasteiger partial charge in [-0.15, -0.1) is 0 Å². The molecule has 1 aliphatic carbocycles. The third-order valence-corrected chi connectivity index (χ3v) is 3.40. The van der Waals surface area contributed by atoms with Crippen LogP contribution in [0.25, 0.3) is 0 Å². The largest absolute Gasteiger partial charge is 0.313 e. The predicted octanol–water partition coefficient (Wildman–Crippen LogP) is 2.78. The SMILES string of the molecule is CCNCc1ccc(F)c(CN(C)CC2CC2)c1. The highest BCUT2D eigenvalue weighted by atomic mass is 19.1. The maximum Gasteiger partial charge on any atom is 0.127 e. The molecular formula is C15H23FN2. The van der Waals surface area contributed by atoms with Gasteiger partial charge >= 0.3 is 0 Å². The summed E-state index contributed by atoms with van der Waals surface area (Å²) in [5.74, 6) is 0.765. The van der Waals surface area contributed by atoms with Gasteiger partial charge in [-0.25, -0.2) is 4.39 Å². The molecule has 0 heterocycles. The van der Waals surface area contributed by atoms with Gasteiger partial charge in [0, 0.05) is 25.2 Å². The van der Waals surface area contributed by atoms with Crippen molar-refractivity contribution in [2.24, 2.45) is 5.92 Å². The Hall–Kier alpha value is -0.930. The summed E-state index contributed by atoms with van der Waals surface area (Å²) in [4.78, 5) is 2.23. The van der Waals surface area contributed by atoms with Gasteiger partial charge in [-0.1, -0.05) is 19.1 Å². The van der Waals surface area contributed by atoms with Gasteiger partial charge in [0.05, 0.1) is 0 Å². The fraction of sp³-hybridized carbons (Fsp3) is 0.600.